The van der Waals surface area contributed by atoms with E-state index >= 15 is 0 Å². The number of nitrogens with one attached hydrogen (secondary N) is 2. The second kappa shape index (κ2) is 8.17. The Kier molecular flexibility index (Phi) is 6.40. The van der Waals surface area contributed by atoms with Gasteiger partial charge in [-0.2, -0.15) is 0 Å². The third-order valence-corrected chi connectivity index (χ3v) is 2.32. The van der Waals surface area contributed by atoms with Crippen LogP contribution < -0.4 is 15.4 Å². The van der Waals surface area contributed by atoms with E-state index in [0.717, 1.165) is 11.7 Å². The molecule has 18 heavy (non-hydrogen) atoms. The largest absolute Gasteiger partial charge is 0.492 e. The summed E-state index contributed by atoms with van der Waals surface area (Å²) in [5.41, 5.74) is 1.23. The Morgan fingerprint density at radius 1 is 1.33 bits per heavy atom. The number of ether oxygens (including phenoxy) is 1. The third-order valence-electron chi connectivity index (χ3n) is 2.32. The zero-order valence-electron chi connectivity index (χ0n) is 11.1. The first-order chi connectivity index (χ1) is 8.76. The van der Waals surface area contributed by atoms with Crippen LogP contribution in [0.2, 0.25) is 0 Å². The van der Waals surface area contributed by atoms with E-state index in [2.05, 4.69) is 29.1 Å². The summed E-state index contributed by atoms with van der Waals surface area (Å²) in [6.07, 6.45) is 1.79. The van der Waals surface area contributed by atoms with Gasteiger partial charge in [0.15, 0.2) is 5.96 Å². The minimum absolute atomic E-state index is 0.595. The molecule has 2 N–H and O–H groups in total. The van der Waals surface area contributed by atoms with Crippen molar-refractivity contribution < 1.29 is 4.74 Å². The van der Waals surface area contributed by atoms with Gasteiger partial charge in [0.25, 0.3) is 0 Å². The van der Waals surface area contributed by atoms with Crippen LogP contribution in [0.5, 0.6) is 5.75 Å². The lowest BCUT2D eigenvalue weighted by atomic mass is 10.2. The van der Waals surface area contributed by atoms with Crippen molar-refractivity contribution in [1.82, 2.24) is 10.6 Å². The van der Waals surface area contributed by atoms with Gasteiger partial charge in [0, 0.05) is 13.6 Å². The predicted octanol–water partition coefficient (Wildman–Crippen LogP) is 1.72. The lowest BCUT2D eigenvalue weighted by Gasteiger charge is -2.11. The Bertz CT molecular complexity index is 385. The van der Waals surface area contributed by atoms with E-state index in [1.54, 1.807) is 13.1 Å². The van der Waals surface area contributed by atoms with Crippen LogP contribution in [0.1, 0.15) is 5.56 Å². The molecule has 0 saturated heterocycles. The van der Waals surface area contributed by atoms with Crippen LogP contribution in [-0.2, 0) is 0 Å². The van der Waals surface area contributed by atoms with Crippen molar-refractivity contribution in [3.05, 3.63) is 42.5 Å². The molecule has 0 heterocycles. The van der Waals surface area contributed by atoms with E-state index in [4.69, 9.17) is 4.74 Å². The van der Waals surface area contributed by atoms with E-state index in [1.807, 2.05) is 24.3 Å². The normalized spacial score (nSPS) is 10.9. The van der Waals surface area contributed by atoms with Crippen LogP contribution >= 0.6 is 0 Å². The van der Waals surface area contributed by atoms with E-state index < -0.39 is 0 Å². The van der Waals surface area contributed by atoms with Crippen LogP contribution in [0, 0.1) is 6.92 Å². The molecule has 0 amide bonds. The SMILES string of the molecule is C=CCNC(=NC)NCCOc1ccc(C)cc1. The first-order valence-corrected chi connectivity index (χ1v) is 6.01. The standard InChI is InChI=1S/C14H21N3O/c1-4-9-16-14(15-3)17-10-11-18-13-7-5-12(2)6-8-13/h4-8H,1,9-11H2,2-3H3,(H2,15,16,17). The molecule has 0 aliphatic carbocycles. The van der Waals surface area contributed by atoms with Gasteiger partial charge in [-0.25, -0.2) is 0 Å². The topological polar surface area (TPSA) is 45.7 Å². The van der Waals surface area contributed by atoms with Crippen LogP contribution in [0.25, 0.3) is 0 Å². The molecule has 1 aromatic carbocycles. The molecule has 0 aliphatic rings. The second-order valence-corrected chi connectivity index (χ2v) is 3.83. The monoisotopic (exact) mass is 247 g/mol. The van der Waals surface area contributed by atoms with Crippen LogP contribution in [0.3, 0.4) is 0 Å². The Balaban J connectivity index is 2.21. The van der Waals surface area contributed by atoms with Crippen LogP contribution in [0.4, 0.5) is 0 Å². The van der Waals surface area contributed by atoms with Crippen molar-refractivity contribution >= 4 is 5.96 Å². The van der Waals surface area contributed by atoms with E-state index in [0.29, 0.717) is 19.7 Å². The smallest absolute Gasteiger partial charge is 0.191 e. The molecule has 4 nitrogen and oxygen atoms in total. The number of aliphatic imine (C=N–C) groups is 1. The van der Waals surface area contributed by atoms with Gasteiger partial charge in [-0.1, -0.05) is 23.8 Å². The molecule has 0 bridgehead atoms. The fourth-order valence-corrected chi connectivity index (χ4v) is 1.36. The van der Waals surface area contributed by atoms with Gasteiger partial charge >= 0.3 is 0 Å². The minimum atomic E-state index is 0.595. The quantitative estimate of drug-likeness (QED) is 0.348. The summed E-state index contributed by atoms with van der Waals surface area (Å²) >= 11 is 0. The summed E-state index contributed by atoms with van der Waals surface area (Å²) in [6.45, 7) is 7.68. The number of benzene rings is 1. The van der Waals surface area contributed by atoms with Crippen molar-refractivity contribution in [1.29, 1.82) is 0 Å². The van der Waals surface area contributed by atoms with E-state index in [9.17, 15) is 0 Å². The maximum Gasteiger partial charge on any atom is 0.191 e. The molecule has 0 radical (unpaired) electrons. The predicted molar refractivity (Wildman–Crippen MR) is 76.2 cm³/mol. The molecule has 0 spiro atoms. The molecule has 0 saturated carbocycles. The first kappa shape index (κ1) is 14.1. The zero-order valence-corrected chi connectivity index (χ0v) is 11.1. The van der Waals surface area contributed by atoms with Crippen molar-refractivity contribution in [3.63, 3.8) is 0 Å². The van der Waals surface area contributed by atoms with Gasteiger partial charge in [-0.3, -0.25) is 4.99 Å². The zero-order chi connectivity index (χ0) is 13.2. The fourth-order valence-electron chi connectivity index (χ4n) is 1.36. The molecule has 1 rings (SSSR count). The summed E-state index contributed by atoms with van der Waals surface area (Å²) in [6, 6.07) is 8.01. The van der Waals surface area contributed by atoms with Crippen LogP contribution in [0.15, 0.2) is 41.9 Å². The van der Waals surface area contributed by atoms with Crippen molar-refractivity contribution in [2.45, 2.75) is 6.92 Å². The average Bonchev–Trinajstić information content (AvgIpc) is 2.40. The number of aryl methyl sites for hydroxylation is 1. The average molecular weight is 247 g/mol. The summed E-state index contributed by atoms with van der Waals surface area (Å²) in [7, 11) is 1.74. The molecule has 98 valence electrons. The number of rotatable bonds is 6. The molecule has 0 unspecified atom stereocenters. The lowest BCUT2D eigenvalue weighted by molar-refractivity contribution is 0.322. The minimum Gasteiger partial charge on any atom is -0.492 e. The van der Waals surface area contributed by atoms with E-state index in [-0.39, 0.29) is 0 Å². The molecular weight excluding hydrogens is 226 g/mol. The highest BCUT2D eigenvalue weighted by molar-refractivity contribution is 5.79. The molecule has 0 aromatic heterocycles. The van der Waals surface area contributed by atoms with Crippen LogP contribution in [-0.4, -0.2) is 32.7 Å². The molecule has 1 aromatic rings. The number of hydrogen-bond donors (Lipinski definition) is 2. The second-order valence-electron chi connectivity index (χ2n) is 3.83. The molecule has 4 heteroatoms. The summed E-state index contributed by atoms with van der Waals surface area (Å²) in [4.78, 5) is 4.07. The molecular formula is C14H21N3O. The highest BCUT2D eigenvalue weighted by atomic mass is 16.5. The highest BCUT2D eigenvalue weighted by Gasteiger charge is 1.96. The Morgan fingerprint density at radius 2 is 2.06 bits per heavy atom. The third kappa shape index (κ3) is 5.39. The van der Waals surface area contributed by atoms with E-state index in [1.165, 1.54) is 5.56 Å². The molecule has 0 atom stereocenters. The number of hydrogen-bond acceptors (Lipinski definition) is 2. The fraction of sp³-hybridized carbons (Fsp3) is 0.357. The molecule has 0 aliphatic heterocycles. The van der Waals surface area contributed by atoms with Gasteiger partial charge in [0.2, 0.25) is 0 Å². The van der Waals surface area contributed by atoms with Gasteiger partial charge in [-0.15, -0.1) is 6.58 Å². The first-order valence-electron chi connectivity index (χ1n) is 6.01. The summed E-state index contributed by atoms with van der Waals surface area (Å²) in [5, 5.41) is 6.24. The highest BCUT2D eigenvalue weighted by Crippen LogP contribution is 2.10. The maximum absolute atomic E-state index is 5.59. The number of nitrogens with zero attached hydrogens (tertiary/aromatic N) is 1. The van der Waals surface area contributed by atoms with Crippen molar-refractivity contribution in [2.24, 2.45) is 4.99 Å². The maximum atomic E-state index is 5.59. The Morgan fingerprint density at radius 3 is 2.67 bits per heavy atom. The van der Waals surface area contributed by atoms with Gasteiger partial charge in [-0.05, 0) is 19.1 Å². The van der Waals surface area contributed by atoms with Gasteiger partial charge in [0.1, 0.15) is 12.4 Å². The number of guanidine groups is 1. The van der Waals surface area contributed by atoms with Crippen molar-refractivity contribution in [3.8, 4) is 5.75 Å². The Hall–Kier alpha value is -1.97. The molecule has 0 fully saturated rings. The lowest BCUT2D eigenvalue weighted by Crippen LogP contribution is -2.39. The van der Waals surface area contributed by atoms with Gasteiger partial charge < -0.3 is 15.4 Å². The summed E-state index contributed by atoms with van der Waals surface area (Å²) in [5.74, 6) is 1.64. The Labute approximate surface area is 109 Å². The van der Waals surface area contributed by atoms with Gasteiger partial charge in [0.05, 0.1) is 6.54 Å². The van der Waals surface area contributed by atoms with Crippen molar-refractivity contribution in [2.75, 3.05) is 26.7 Å². The summed E-state index contributed by atoms with van der Waals surface area (Å²) < 4.78 is 5.59.